The molecule has 0 radical (unpaired) electrons. The average molecular weight is 389 g/mol. The Hall–Kier alpha value is -3.55. The van der Waals surface area contributed by atoms with Crippen LogP contribution >= 0.6 is 0 Å². The smallest absolute Gasteiger partial charge is 0.249 e. The number of hydrogen-bond acceptors (Lipinski definition) is 5. The molecule has 4 aromatic rings. The van der Waals surface area contributed by atoms with Crippen molar-refractivity contribution in [3.8, 4) is 0 Å². The molecule has 0 aliphatic heterocycles. The first-order valence-corrected chi connectivity index (χ1v) is 9.66. The van der Waals surface area contributed by atoms with E-state index in [9.17, 15) is 4.79 Å². The molecular weight excluding hydrogens is 366 g/mol. The number of benzene rings is 2. The van der Waals surface area contributed by atoms with Crippen LogP contribution in [0.15, 0.2) is 60.9 Å². The van der Waals surface area contributed by atoms with Crippen molar-refractivity contribution in [3.05, 3.63) is 72.3 Å². The first-order valence-electron chi connectivity index (χ1n) is 9.66. The Morgan fingerprint density at radius 3 is 2.55 bits per heavy atom. The summed E-state index contributed by atoms with van der Waals surface area (Å²) >= 11 is 0. The van der Waals surface area contributed by atoms with E-state index in [0.29, 0.717) is 13.0 Å². The summed E-state index contributed by atoms with van der Waals surface area (Å²) in [6.07, 6.45) is 2.09. The fraction of sp³-hybridized carbons (Fsp3) is 0.286. The molecule has 0 saturated carbocycles. The molecule has 4 rings (SSSR count). The maximum absolute atomic E-state index is 13.0. The largest absolute Gasteiger partial charge is 0.353 e. The second-order valence-electron chi connectivity index (χ2n) is 7.12. The number of carbonyl (C=O) groups is 1. The lowest BCUT2D eigenvalue weighted by Gasteiger charge is -2.17. The predicted octanol–water partition coefficient (Wildman–Crippen LogP) is 2.55. The minimum absolute atomic E-state index is 0.157. The van der Waals surface area contributed by atoms with E-state index in [0.717, 1.165) is 22.4 Å². The number of amides is 1. The molecule has 2 aromatic carbocycles. The lowest BCUT2D eigenvalue weighted by molar-refractivity contribution is -0.123. The summed E-state index contributed by atoms with van der Waals surface area (Å²) in [5.41, 5.74) is 2.91. The zero-order valence-corrected chi connectivity index (χ0v) is 16.4. The molecule has 8 nitrogen and oxygen atoms in total. The van der Waals surface area contributed by atoms with E-state index in [2.05, 4.69) is 45.3 Å². The maximum Gasteiger partial charge on any atom is 0.249 e. The van der Waals surface area contributed by atoms with Gasteiger partial charge in [0.25, 0.3) is 0 Å². The summed E-state index contributed by atoms with van der Waals surface area (Å²) in [7, 11) is 0. The Kier molecular flexibility index (Phi) is 5.33. The monoisotopic (exact) mass is 389 g/mol. The minimum atomic E-state index is -0.616. The lowest BCUT2D eigenvalue weighted by atomic mass is 10.1. The van der Waals surface area contributed by atoms with Gasteiger partial charge in [0.1, 0.15) is 12.2 Å². The second-order valence-corrected chi connectivity index (χ2v) is 7.12. The van der Waals surface area contributed by atoms with E-state index in [1.807, 2.05) is 48.5 Å². The molecule has 1 atom stereocenters. The zero-order chi connectivity index (χ0) is 20.2. The Morgan fingerprint density at radius 1 is 1.07 bits per heavy atom. The van der Waals surface area contributed by atoms with Crippen molar-refractivity contribution in [2.45, 2.75) is 32.4 Å². The number of tetrazole rings is 1. The molecule has 0 fully saturated rings. The Morgan fingerprint density at radius 2 is 1.83 bits per heavy atom. The van der Waals surface area contributed by atoms with Gasteiger partial charge in [0.2, 0.25) is 5.91 Å². The third-order valence-corrected chi connectivity index (χ3v) is 4.83. The van der Waals surface area contributed by atoms with E-state index in [1.54, 1.807) is 0 Å². The highest BCUT2D eigenvalue weighted by Crippen LogP contribution is 2.21. The molecule has 0 aliphatic carbocycles. The quantitative estimate of drug-likeness (QED) is 0.525. The Labute approximate surface area is 168 Å². The number of fused-ring (bicyclic) bond motifs is 1. The molecule has 148 valence electrons. The normalized spacial score (nSPS) is 12.4. The maximum atomic E-state index is 13.0. The third-order valence-electron chi connectivity index (χ3n) is 4.83. The molecular formula is C21H23N7O. The van der Waals surface area contributed by atoms with Gasteiger partial charge in [-0.15, -0.1) is 5.10 Å². The standard InChI is InChI=1S/C21H23N7O/c1-15(2)28-18-11-7-6-10-17(18)24-19(28)12-13-22-21(29)20(27-14-23-25-26-27)16-8-4-3-5-9-16/h3-11,14-15,20H,12-13H2,1-2H3,(H,22,29)/t20-/m1/s1. The fourth-order valence-corrected chi connectivity index (χ4v) is 3.59. The molecule has 2 aromatic heterocycles. The van der Waals surface area contributed by atoms with Crippen molar-refractivity contribution in [1.82, 2.24) is 35.1 Å². The number of imidazole rings is 1. The minimum Gasteiger partial charge on any atom is -0.353 e. The van der Waals surface area contributed by atoms with E-state index >= 15 is 0 Å². The van der Waals surface area contributed by atoms with Crippen LogP contribution in [0, 0.1) is 0 Å². The van der Waals surface area contributed by atoms with Crippen molar-refractivity contribution in [3.63, 3.8) is 0 Å². The molecule has 0 saturated heterocycles. The number of nitrogens with one attached hydrogen (secondary N) is 1. The van der Waals surface area contributed by atoms with Crippen LogP contribution in [-0.2, 0) is 11.2 Å². The number of aromatic nitrogens is 6. The highest BCUT2D eigenvalue weighted by atomic mass is 16.2. The fourth-order valence-electron chi connectivity index (χ4n) is 3.59. The second kappa shape index (κ2) is 8.22. The van der Waals surface area contributed by atoms with Crippen molar-refractivity contribution in [1.29, 1.82) is 0 Å². The zero-order valence-electron chi connectivity index (χ0n) is 16.4. The highest BCUT2D eigenvalue weighted by Gasteiger charge is 2.23. The number of carbonyl (C=O) groups excluding carboxylic acids is 1. The van der Waals surface area contributed by atoms with Crippen LogP contribution < -0.4 is 5.32 Å². The lowest BCUT2D eigenvalue weighted by Crippen LogP contribution is -2.35. The van der Waals surface area contributed by atoms with Gasteiger partial charge >= 0.3 is 0 Å². The predicted molar refractivity (Wildman–Crippen MR) is 109 cm³/mol. The molecule has 2 heterocycles. The summed E-state index contributed by atoms with van der Waals surface area (Å²) < 4.78 is 3.69. The molecule has 0 bridgehead atoms. The summed E-state index contributed by atoms with van der Waals surface area (Å²) in [6, 6.07) is 17.3. The summed E-state index contributed by atoms with van der Waals surface area (Å²) in [6.45, 7) is 4.75. The van der Waals surface area contributed by atoms with E-state index in [-0.39, 0.29) is 11.9 Å². The van der Waals surface area contributed by atoms with Crippen LogP contribution in [0.4, 0.5) is 0 Å². The summed E-state index contributed by atoms with van der Waals surface area (Å²) in [4.78, 5) is 17.7. The van der Waals surface area contributed by atoms with Gasteiger partial charge in [-0.1, -0.05) is 42.5 Å². The molecule has 0 unspecified atom stereocenters. The molecule has 1 amide bonds. The van der Waals surface area contributed by atoms with Gasteiger partial charge in [-0.3, -0.25) is 4.79 Å². The third kappa shape index (κ3) is 3.87. The van der Waals surface area contributed by atoms with Crippen LogP contribution in [0.3, 0.4) is 0 Å². The van der Waals surface area contributed by atoms with Gasteiger partial charge in [-0.25, -0.2) is 9.67 Å². The van der Waals surface area contributed by atoms with Crippen LogP contribution in [0.1, 0.15) is 37.3 Å². The van der Waals surface area contributed by atoms with E-state index in [4.69, 9.17) is 4.98 Å². The van der Waals surface area contributed by atoms with Crippen LogP contribution in [0.25, 0.3) is 11.0 Å². The topological polar surface area (TPSA) is 90.5 Å². The number of hydrogen-bond donors (Lipinski definition) is 1. The first kappa shape index (κ1) is 18.8. The highest BCUT2D eigenvalue weighted by molar-refractivity contribution is 5.83. The Balaban J connectivity index is 1.51. The van der Waals surface area contributed by atoms with Gasteiger partial charge in [-0.05, 0) is 42.0 Å². The molecule has 8 heteroatoms. The van der Waals surface area contributed by atoms with Crippen LogP contribution in [0.2, 0.25) is 0 Å². The van der Waals surface area contributed by atoms with E-state index in [1.165, 1.54) is 11.0 Å². The number of para-hydroxylation sites is 2. The van der Waals surface area contributed by atoms with Crippen LogP contribution in [0.5, 0.6) is 0 Å². The van der Waals surface area contributed by atoms with Crippen molar-refractivity contribution < 1.29 is 4.79 Å². The van der Waals surface area contributed by atoms with Gasteiger partial charge in [0.05, 0.1) is 11.0 Å². The van der Waals surface area contributed by atoms with Crippen molar-refractivity contribution >= 4 is 16.9 Å². The van der Waals surface area contributed by atoms with Crippen molar-refractivity contribution in [2.75, 3.05) is 6.54 Å². The van der Waals surface area contributed by atoms with Gasteiger partial charge in [0.15, 0.2) is 6.04 Å². The van der Waals surface area contributed by atoms with Gasteiger partial charge in [0, 0.05) is 19.0 Å². The summed E-state index contributed by atoms with van der Waals surface area (Å²) in [5, 5.41) is 14.3. The van der Waals surface area contributed by atoms with Crippen LogP contribution in [-0.4, -0.2) is 42.2 Å². The SMILES string of the molecule is CC(C)n1c(CCNC(=O)[C@@H](c2ccccc2)n2cnnn2)nc2ccccc21. The molecule has 0 spiro atoms. The van der Waals surface area contributed by atoms with E-state index < -0.39 is 6.04 Å². The van der Waals surface area contributed by atoms with Crippen molar-refractivity contribution in [2.24, 2.45) is 0 Å². The molecule has 0 aliphatic rings. The average Bonchev–Trinajstić information content (AvgIpc) is 3.36. The molecule has 1 N–H and O–H groups in total. The Bertz CT molecular complexity index is 1090. The number of rotatable bonds is 7. The summed E-state index contributed by atoms with van der Waals surface area (Å²) in [5.74, 6) is 0.802. The first-order chi connectivity index (χ1) is 14.1. The number of nitrogens with zero attached hydrogens (tertiary/aromatic N) is 6. The van der Waals surface area contributed by atoms with Gasteiger partial charge < -0.3 is 9.88 Å². The van der Waals surface area contributed by atoms with Gasteiger partial charge in [-0.2, -0.15) is 0 Å². The molecule has 29 heavy (non-hydrogen) atoms.